The van der Waals surface area contributed by atoms with Crippen molar-refractivity contribution < 1.29 is 19.1 Å². The number of methoxy groups -OCH3 is 2. The summed E-state index contributed by atoms with van der Waals surface area (Å²) in [7, 11) is 3.02. The van der Waals surface area contributed by atoms with E-state index in [1.807, 2.05) is 24.3 Å². The van der Waals surface area contributed by atoms with Gasteiger partial charge in [-0.15, -0.1) is 0 Å². The van der Waals surface area contributed by atoms with Crippen LogP contribution in [0.3, 0.4) is 0 Å². The third-order valence-corrected chi connectivity index (χ3v) is 4.54. The number of ether oxygens (including phenoxy) is 2. The standard InChI is InChI=1S/C21H23N3O4/c1-4-13-5-7-14(8-6-13)18-12-19(25)23-21(22-18)24-20(26)15-9-16(27-2)11-17(10-15)28-3/h5-11,18H,4,12H2,1-3H3,(H2,22,23,24,25,26)/t18-/m1/s1. The van der Waals surface area contributed by atoms with Crippen LogP contribution in [0.1, 0.15) is 40.9 Å². The highest BCUT2D eigenvalue weighted by Crippen LogP contribution is 2.25. The van der Waals surface area contributed by atoms with Crippen molar-refractivity contribution in [1.82, 2.24) is 10.6 Å². The van der Waals surface area contributed by atoms with Crippen LogP contribution < -0.4 is 20.1 Å². The molecule has 146 valence electrons. The van der Waals surface area contributed by atoms with E-state index in [-0.39, 0.29) is 24.3 Å². The second kappa shape index (κ2) is 8.56. The Hall–Kier alpha value is -3.35. The van der Waals surface area contributed by atoms with Gasteiger partial charge in [-0.1, -0.05) is 31.2 Å². The molecule has 0 unspecified atom stereocenters. The molecule has 28 heavy (non-hydrogen) atoms. The Morgan fingerprint density at radius 1 is 1.14 bits per heavy atom. The summed E-state index contributed by atoms with van der Waals surface area (Å²) in [6.45, 7) is 2.09. The predicted molar refractivity (Wildman–Crippen MR) is 106 cm³/mol. The first-order chi connectivity index (χ1) is 13.5. The molecule has 0 fully saturated rings. The number of nitrogens with one attached hydrogen (secondary N) is 2. The molecule has 1 aliphatic heterocycles. The summed E-state index contributed by atoms with van der Waals surface area (Å²) in [4.78, 5) is 29.2. The number of benzene rings is 2. The Balaban J connectivity index is 1.81. The molecule has 0 aliphatic carbocycles. The number of hydrogen-bond donors (Lipinski definition) is 2. The van der Waals surface area contributed by atoms with Crippen LogP contribution in [-0.4, -0.2) is 32.0 Å². The summed E-state index contributed by atoms with van der Waals surface area (Å²) in [5, 5.41) is 5.27. The van der Waals surface area contributed by atoms with Gasteiger partial charge in [-0.25, -0.2) is 4.99 Å². The van der Waals surface area contributed by atoms with Crippen LogP contribution in [0.5, 0.6) is 11.5 Å². The molecular formula is C21H23N3O4. The lowest BCUT2D eigenvalue weighted by Gasteiger charge is -2.21. The number of amides is 2. The molecule has 0 radical (unpaired) electrons. The highest BCUT2D eigenvalue weighted by molar-refractivity contribution is 6.10. The van der Waals surface area contributed by atoms with Crippen molar-refractivity contribution in [2.75, 3.05) is 14.2 Å². The molecule has 2 aromatic carbocycles. The number of nitrogens with zero attached hydrogens (tertiary/aromatic N) is 1. The van der Waals surface area contributed by atoms with Crippen molar-refractivity contribution in [3.05, 3.63) is 59.2 Å². The summed E-state index contributed by atoms with van der Waals surface area (Å²) in [5.41, 5.74) is 2.48. The molecule has 3 rings (SSSR count). The molecule has 2 N–H and O–H groups in total. The van der Waals surface area contributed by atoms with E-state index in [1.54, 1.807) is 18.2 Å². The summed E-state index contributed by atoms with van der Waals surface area (Å²) in [6.07, 6.45) is 1.18. The Kier molecular flexibility index (Phi) is 5.93. The van der Waals surface area contributed by atoms with Gasteiger partial charge < -0.3 is 9.47 Å². The maximum atomic E-state index is 12.6. The fraction of sp³-hybridized carbons (Fsp3) is 0.286. The number of aliphatic imine (C=N–C) groups is 1. The van der Waals surface area contributed by atoms with Crippen LogP contribution in [-0.2, 0) is 11.2 Å². The van der Waals surface area contributed by atoms with Crippen LogP contribution in [0.25, 0.3) is 0 Å². The number of guanidine groups is 1. The predicted octanol–water partition coefficient (Wildman–Crippen LogP) is 2.61. The van der Waals surface area contributed by atoms with E-state index in [9.17, 15) is 9.59 Å². The first-order valence-electron chi connectivity index (χ1n) is 9.03. The lowest BCUT2D eigenvalue weighted by atomic mass is 10.0. The number of carbonyl (C=O) groups is 2. The Morgan fingerprint density at radius 2 is 1.79 bits per heavy atom. The van der Waals surface area contributed by atoms with Crippen LogP contribution >= 0.6 is 0 Å². The largest absolute Gasteiger partial charge is 0.497 e. The van der Waals surface area contributed by atoms with Crippen molar-refractivity contribution in [1.29, 1.82) is 0 Å². The summed E-state index contributed by atoms with van der Waals surface area (Å²) in [5.74, 6) is 0.505. The fourth-order valence-electron chi connectivity index (χ4n) is 2.94. The molecule has 1 heterocycles. The van der Waals surface area contributed by atoms with Crippen LogP contribution in [0, 0.1) is 0 Å². The van der Waals surface area contributed by atoms with Gasteiger partial charge in [0.25, 0.3) is 5.91 Å². The van der Waals surface area contributed by atoms with Gasteiger partial charge in [0.1, 0.15) is 11.5 Å². The normalized spacial score (nSPS) is 16.0. The zero-order chi connectivity index (χ0) is 20.1. The maximum absolute atomic E-state index is 12.6. The molecule has 0 bridgehead atoms. The average molecular weight is 381 g/mol. The fourth-order valence-corrected chi connectivity index (χ4v) is 2.94. The number of carbonyl (C=O) groups excluding carboxylic acids is 2. The second-order valence-corrected chi connectivity index (χ2v) is 6.40. The van der Waals surface area contributed by atoms with Crippen LogP contribution in [0.2, 0.25) is 0 Å². The molecule has 0 saturated carbocycles. The first-order valence-corrected chi connectivity index (χ1v) is 9.03. The van der Waals surface area contributed by atoms with Gasteiger partial charge >= 0.3 is 0 Å². The highest BCUT2D eigenvalue weighted by Gasteiger charge is 2.24. The van der Waals surface area contributed by atoms with E-state index in [1.165, 1.54) is 19.8 Å². The van der Waals surface area contributed by atoms with Gasteiger partial charge in [-0.3, -0.25) is 20.2 Å². The number of hydrogen-bond acceptors (Lipinski definition) is 5. The molecule has 2 aromatic rings. The SMILES string of the molecule is CCc1ccc([C@H]2CC(=O)NC(NC(=O)c3cc(OC)cc(OC)c3)=N2)cc1. The van der Waals surface area contributed by atoms with Gasteiger partial charge in [0.05, 0.1) is 26.7 Å². The van der Waals surface area contributed by atoms with Crippen molar-refractivity contribution in [2.24, 2.45) is 4.99 Å². The monoisotopic (exact) mass is 381 g/mol. The Morgan fingerprint density at radius 3 is 2.36 bits per heavy atom. The van der Waals surface area contributed by atoms with Gasteiger partial charge in [-0.05, 0) is 29.7 Å². The molecule has 0 aromatic heterocycles. The van der Waals surface area contributed by atoms with E-state index in [0.29, 0.717) is 17.1 Å². The van der Waals surface area contributed by atoms with Crippen molar-refractivity contribution in [3.8, 4) is 11.5 Å². The lowest BCUT2D eigenvalue weighted by Crippen LogP contribution is -2.47. The van der Waals surface area contributed by atoms with E-state index < -0.39 is 5.91 Å². The Labute approximate surface area is 163 Å². The van der Waals surface area contributed by atoms with Crippen LogP contribution in [0.4, 0.5) is 0 Å². The first kappa shape index (κ1) is 19.4. The van der Waals surface area contributed by atoms with E-state index in [0.717, 1.165) is 12.0 Å². The summed E-state index contributed by atoms with van der Waals surface area (Å²) < 4.78 is 10.4. The molecule has 7 nitrogen and oxygen atoms in total. The molecule has 1 aliphatic rings. The molecule has 0 saturated heterocycles. The van der Waals surface area contributed by atoms with Gasteiger partial charge in [0, 0.05) is 11.6 Å². The van der Waals surface area contributed by atoms with E-state index in [2.05, 4.69) is 22.5 Å². The number of aryl methyl sites for hydroxylation is 1. The quantitative estimate of drug-likeness (QED) is 0.833. The maximum Gasteiger partial charge on any atom is 0.258 e. The minimum Gasteiger partial charge on any atom is -0.497 e. The minimum atomic E-state index is -0.418. The van der Waals surface area contributed by atoms with Crippen molar-refractivity contribution >= 4 is 17.8 Å². The highest BCUT2D eigenvalue weighted by atomic mass is 16.5. The summed E-state index contributed by atoms with van der Waals surface area (Å²) in [6, 6.07) is 12.5. The minimum absolute atomic E-state index is 0.132. The van der Waals surface area contributed by atoms with Crippen molar-refractivity contribution in [3.63, 3.8) is 0 Å². The molecule has 0 spiro atoms. The van der Waals surface area contributed by atoms with Gasteiger partial charge in [-0.2, -0.15) is 0 Å². The summed E-state index contributed by atoms with van der Waals surface area (Å²) >= 11 is 0. The molecule has 2 amide bonds. The molecular weight excluding hydrogens is 358 g/mol. The Bertz CT molecular complexity index is 884. The van der Waals surface area contributed by atoms with Gasteiger partial charge in [0.15, 0.2) is 0 Å². The topological polar surface area (TPSA) is 89.0 Å². The zero-order valence-corrected chi connectivity index (χ0v) is 16.1. The van der Waals surface area contributed by atoms with Gasteiger partial charge in [0.2, 0.25) is 11.9 Å². The smallest absolute Gasteiger partial charge is 0.258 e. The third-order valence-electron chi connectivity index (χ3n) is 4.54. The van der Waals surface area contributed by atoms with Crippen molar-refractivity contribution in [2.45, 2.75) is 25.8 Å². The molecule has 1 atom stereocenters. The van der Waals surface area contributed by atoms with Crippen LogP contribution in [0.15, 0.2) is 47.5 Å². The zero-order valence-electron chi connectivity index (χ0n) is 16.1. The average Bonchev–Trinajstić information content (AvgIpc) is 2.72. The lowest BCUT2D eigenvalue weighted by molar-refractivity contribution is -0.120. The third kappa shape index (κ3) is 4.49. The van der Waals surface area contributed by atoms with E-state index in [4.69, 9.17) is 9.47 Å². The number of rotatable bonds is 5. The van der Waals surface area contributed by atoms with E-state index >= 15 is 0 Å². The molecule has 7 heteroatoms. The second-order valence-electron chi connectivity index (χ2n) is 6.40.